The molecule has 1 atom stereocenters. The molecule has 0 aliphatic heterocycles. The van der Waals surface area contributed by atoms with Crippen LogP contribution in [-0.4, -0.2) is 29.8 Å². The fraction of sp³-hybridized carbons (Fsp3) is 1.00. The van der Waals surface area contributed by atoms with Crippen molar-refractivity contribution in [2.75, 3.05) is 12.8 Å². The van der Waals surface area contributed by atoms with E-state index < -0.39 is 12.6 Å². The van der Waals surface area contributed by atoms with Gasteiger partial charge in [0.25, 0.3) is 0 Å². The van der Waals surface area contributed by atoms with Gasteiger partial charge in [0, 0.05) is 23.8 Å². The number of alkyl halides is 3. The number of halogens is 3. The van der Waals surface area contributed by atoms with Gasteiger partial charge in [0.2, 0.25) is 0 Å². The Morgan fingerprint density at radius 1 is 1.35 bits per heavy atom. The summed E-state index contributed by atoms with van der Waals surface area (Å²) in [7, 11) is 0. The van der Waals surface area contributed by atoms with Crippen molar-refractivity contribution in [1.82, 2.24) is 5.32 Å². The summed E-state index contributed by atoms with van der Waals surface area (Å²) in [6.07, 6.45) is 2.03. The Bertz CT molecular complexity index is 221. The molecule has 0 radical (unpaired) electrons. The summed E-state index contributed by atoms with van der Waals surface area (Å²) in [5.74, 6) is 0. The van der Waals surface area contributed by atoms with E-state index in [0.29, 0.717) is 11.2 Å². The molecule has 0 bridgehead atoms. The number of rotatable bonds is 7. The van der Waals surface area contributed by atoms with Gasteiger partial charge in [0.05, 0.1) is 0 Å². The second kappa shape index (κ2) is 6.32. The van der Waals surface area contributed by atoms with Gasteiger partial charge in [-0.2, -0.15) is 24.9 Å². The highest BCUT2D eigenvalue weighted by Gasteiger charge is 2.35. The second-order valence-electron chi connectivity index (χ2n) is 5.03. The van der Waals surface area contributed by atoms with E-state index in [2.05, 4.69) is 11.6 Å². The maximum Gasteiger partial charge on any atom is 0.389 e. The predicted octanol–water partition coefficient (Wildman–Crippen LogP) is 3.98. The molecule has 0 saturated heterocycles. The van der Waals surface area contributed by atoms with E-state index in [0.717, 1.165) is 6.54 Å². The standard InChI is InChI=1S/C12H22F3NS/c1-10(5-3-8-12(13,14)15)16-9-11(17-2)6-4-7-11/h10,16H,3-9H2,1-2H3. The first-order valence-electron chi connectivity index (χ1n) is 6.22. The average molecular weight is 269 g/mol. The third-order valence-corrected chi connectivity index (χ3v) is 4.99. The Kier molecular flexibility index (Phi) is 5.64. The lowest BCUT2D eigenvalue weighted by molar-refractivity contribution is -0.135. The SMILES string of the molecule is CSC1(CNC(C)CCCC(F)(F)F)CCC1. The zero-order valence-corrected chi connectivity index (χ0v) is 11.4. The Morgan fingerprint density at radius 2 is 2.00 bits per heavy atom. The lowest BCUT2D eigenvalue weighted by atomic mass is 9.84. The van der Waals surface area contributed by atoms with Gasteiger partial charge >= 0.3 is 6.18 Å². The summed E-state index contributed by atoms with van der Waals surface area (Å²) in [4.78, 5) is 0. The van der Waals surface area contributed by atoms with Crippen LogP contribution in [0.25, 0.3) is 0 Å². The highest BCUT2D eigenvalue weighted by atomic mass is 32.2. The van der Waals surface area contributed by atoms with Crippen LogP contribution in [0.2, 0.25) is 0 Å². The molecule has 1 fully saturated rings. The molecule has 1 aliphatic carbocycles. The van der Waals surface area contributed by atoms with Crippen molar-refractivity contribution in [3.8, 4) is 0 Å². The van der Waals surface area contributed by atoms with Crippen LogP contribution in [0.15, 0.2) is 0 Å². The van der Waals surface area contributed by atoms with Gasteiger partial charge in [-0.25, -0.2) is 0 Å². The molecule has 1 aliphatic rings. The molecule has 17 heavy (non-hydrogen) atoms. The van der Waals surface area contributed by atoms with E-state index in [-0.39, 0.29) is 12.5 Å². The largest absolute Gasteiger partial charge is 0.389 e. The van der Waals surface area contributed by atoms with Crippen molar-refractivity contribution in [3.05, 3.63) is 0 Å². The highest BCUT2D eigenvalue weighted by molar-refractivity contribution is 8.00. The topological polar surface area (TPSA) is 12.0 Å². The Hall–Kier alpha value is 0.100. The Labute approximate surface area is 106 Å². The van der Waals surface area contributed by atoms with Crippen molar-refractivity contribution in [2.24, 2.45) is 0 Å². The molecule has 1 N–H and O–H groups in total. The molecule has 0 aromatic rings. The molecule has 1 saturated carbocycles. The zero-order valence-electron chi connectivity index (χ0n) is 10.6. The van der Waals surface area contributed by atoms with Gasteiger partial charge in [-0.1, -0.05) is 6.42 Å². The van der Waals surface area contributed by atoms with Crippen LogP contribution in [-0.2, 0) is 0 Å². The van der Waals surface area contributed by atoms with E-state index in [9.17, 15) is 13.2 Å². The molecule has 102 valence electrons. The van der Waals surface area contributed by atoms with Crippen LogP contribution in [0.4, 0.5) is 13.2 Å². The smallest absolute Gasteiger partial charge is 0.313 e. The summed E-state index contributed by atoms with van der Waals surface area (Å²) in [6.45, 7) is 2.91. The van der Waals surface area contributed by atoms with E-state index in [1.165, 1.54) is 19.3 Å². The minimum Gasteiger partial charge on any atom is -0.313 e. The number of hydrogen-bond acceptors (Lipinski definition) is 2. The molecule has 1 nitrogen and oxygen atoms in total. The zero-order chi connectivity index (χ0) is 12.9. The monoisotopic (exact) mass is 269 g/mol. The molecule has 0 amide bonds. The van der Waals surface area contributed by atoms with Crippen LogP contribution in [0.5, 0.6) is 0 Å². The number of thioether (sulfide) groups is 1. The Morgan fingerprint density at radius 3 is 2.41 bits per heavy atom. The fourth-order valence-electron chi connectivity index (χ4n) is 2.10. The van der Waals surface area contributed by atoms with Crippen molar-refractivity contribution < 1.29 is 13.2 Å². The van der Waals surface area contributed by atoms with E-state index in [1.54, 1.807) is 0 Å². The first-order valence-corrected chi connectivity index (χ1v) is 7.45. The van der Waals surface area contributed by atoms with E-state index >= 15 is 0 Å². The quantitative estimate of drug-likeness (QED) is 0.750. The second-order valence-corrected chi connectivity index (χ2v) is 6.30. The number of hydrogen-bond donors (Lipinski definition) is 1. The first kappa shape index (κ1) is 15.2. The molecule has 0 aromatic heterocycles. The van der Waals surface area contributed by atoms with Gasteiger partial charge in [-0.15, -0.1) is 0 Å². The molecule has 5 heteroatoms. The molecular formula is C12H22F3NS. The Balaban J connectivity index is 2.11. The predicted molar refractivity (Wildman–Crippen MR) is 67.5 cm³/mol. The maximum atomic E-state index is 12.0. The fourth-order valence-corrected chi connectivity index (χ4v) is 3.02. The molecule has 1 rings (SSSR count). The minimum atomic E-state index is -4.01. The van der Waals surface area contributed by atoms with Crippen molar-refractivity contribution in [3.63, 3.8) is 0 Å². The molecular weight excluding hydrogens is 247 g/mol. The normalized spacial score (nSPS) is 21.0. The van der Waals surface area contributed by atoms with E-state index in [4.69, 9.17) is 0 Å². The van der Waals surface area contributed by atoms with Gasteiger partial charge in [0.1, 0.15) is 0 Å². The molecule has 0 heterocycles. The van der Waals surface area contributed by atoms with Gasteiger partial charge in [0.15, 0.2) is 0 Å². The van der Waals surface area contributed by atoms with Gasteiger partial charge in [-0.05, 0) is 38.9 Å². The summed E-state index contributed by atoms with van der Waals surface area (Å²) in [5, 5.41) is 3.37. The van der Waals surface area contributed by atoms with Gasteiger partial charge < -0.3 is 5.32 Å². The summed E-state index contributed by atoms with van der Waals surface area (Å²) >= 11 is 1.89. The van der Waals surface area contributed by atoms with Crippen LogP contribution < -0.4 is 5.32 Å². The third-order valence-electron chi connectivity index (χ3n) is 3.57. The lowest BCUT2D eigenvalue weighted by Crippen LogP contribution is -2.45. The minimum absolute atomic E-state index is 0.182. The summed E-state index contributed by atoms with van der Waals surface area (Å²) < 4.78 is 36.3. The molecule has 0 spiro atoms. The van der Waals surface area contributed by atoms with Crippen LogP contribution >= 0.6 is 11.8 Å². The van der Waals surface area contributed by atoms with Gasteiger partial charge in [-0.3, -0.25) is 0 Å². The lowest BCUT2D eigenvalue weighted by Gasteiger charge is -2.41. The van der Waals surface area contributed by atoms with Crippen LogP contribution in [0.1, 0.15) is 45.4 Å². The third kappa shape index (κ3) is 5.51. The number of nitrogens with one attached hydrogen (secondary N) is 1. The van der Waals surface area contributed by atoms with E-state index in [1.807, 2.05) is 18.7 Å². The van der Waals surface area contributed by atoms with Crippen LogP contribution in [0.3, 0.4) is 0 Å². The highest BCUT2D eigenvalue weighted by Crippen LogP contribution is 2.42. The van der Waals surface area contributed by atoms with Crippen molar-refractivity contribution in [1.29, 1.82) is 0 Å². The molecule has 1 unspecified atom stereocenters. The van der Waals surface area contributed by atoms with Crippen LogP contribution in [0, 0.1) is 0 Å². The molecule has 0 aromatic carbocycles. The maximum absolute atomic E-state index is 12.0. The first-order chi connectivity index (χ1) is 7.87. The van der Waals surface area contributed by atoms with Crippen molar-refractivity contribution >= 4 is 11.8 Å². The summed E-state index contributed by atoms with van der Waals surface area (Å²) in [5.41, 5.74) is 0. The summed E-state index contributed by atoms with van der Waals surface area (Å²) in [6, 6.07) is 0.182. The average Bonchev–Trinajstić information content (AvgIpc) is 2.14. The van der Waals surface area contributed by atoms with Crippen molar-refractivity contribution in [2.45, 2.75) is 62.4 Å².